The SMILES string of the molecule is Cc1cccc(C(c2cncn2Cc2ccc(C#N)cc2)N2CCC3(CC2)COC(=O)N3)c1. The molecule has 3 aromatic rings. The lowest BCUT2D eigenvalue weighted by molar-refractivity contribution is 0.107. The molecule has 0 saturated carbocycles. The first-order chi connectivity index (χ1) is 16.0. The van der Waals surface area contributed by atoms with Gasteiger partial charge in [0.2, 0.25) is 0 Å². The molecule has 7 nitrogen and oxygen atoms in total. The Hall–Kier alpha value is -3.63. The fraction of sp³-hybridized carbons (Fsp3) is 0.346. The van der Waals surface area contributed by atoms with Crippen molar-refractivity contribution in [3.63, 3.8) is 0 Å². The van der Waals surface area contributed by atoms with Crippen LogP contribution in [0.4, 0.5) is 4.79 Å². The molecule has 0 bridgehead atoms. The maximum absolute atomic E-state index is 11.7. The monoisotopic (exact) mass is 441 g/mol. The van der Waals surface area contributed by atoms with Gasteiger partial charge >= 0.3 is 6.09 Å². The number of nitrogens with one attached hydrogen (secondary N) is 1. The third-order valence-electron chi connectivity index (χ3n) is 6.79. The average molecular weight is 442 g/mol. The van der Waals surface area contributed by atoms with Gasteiger partial charge in [-0.1, -0.05) is 42.0 Å². The first kappa shape index (κ1) is 21.2. The van der Waals surface area contributed by atoms with Crippen molar-refractivity contribution in [3.05, 3.63) is 89.0 Å². The van der Waals surface area contributed by atoms with Gasteiger partial charge in [0.15, 0.2) is 0 Å². The molecule has 168 valence electrons. The maximum Gasteiger partial charge on any atom is 0.407 e. The van der Waals surface area contributed by atoms with Crippen LogP contribution in [0.2, 0.25) is 0 Å². The summed E-state index contributed by atoms with van der Waals surface area (Å²) in [6.45, 7) is 4.95. The summed E-state index contributed by atoms with van der Waals surface area (Å²) in [4.78, 5) is 18.6. The van der Waals surface area contributed by atoms with E-state index in [0.717, 1.165) is 37.2 Å². The van der Waals surface area contributed by atoms with E-state index in [-0.39, 0.29) is 17.7 Å². The second kappa shape index (κ2) is 8.72. The minimum Gasteiger partial charge on any atom is -0.447 e. The number of aromatic nitrogens is 2. The first-order valence-electron chi connectivity index (χ1n) is 11.3. The third kappa shape index (κ3) is 4.35. The number of piperidine rings is 1. The van der Waals surface area contributed by atoms with E-state index < -0.39 is 0 Å². The minimum atomic E-state index is -0.306. The highest BCUT2D eigenvalue weighted by Crippen LogP contribution is 2.35. The van der Waals surface area contributed by atoms with Crippen molar-refractivity contribution in [2.24, 2.45) is 0 Å². The predicted molar refractivity (Wildman–Crippen MR) is 124 cm³/mol. The number of carbonyl (C=O) groups excluding carboxylic acids is 1. The van der Waals surface area contributed by atoms with Crippen LogP contribution in [0.25, 0.3) is 0 Å². The molecule has 1 unspecified atom stereocenters. The van der Waals surface area contributed by atoms with Crippen molar-refractivity contribution in [3.8, 4) is 6.07 Å². The average Bonchev–Trinajstić information content (AvgIpc) is 3.42. The standard InChI is InChI=1S/C26H27N5O2/c1-19-3-2-4-22(13-19)24(30-11-9-26(10-12-30)17-33-25(32)29-26)23-15-28-18-31(23)16-21-7-5-20(14-27)6-8-21/h2-8,13,15,18,24H,9-12,16-17H2,1H3,(H,29,32). The summed E-state index contributed by atoms with van der Waals surface area (Å²) >= 11 is 0. The van der Waals surface area contributed by atoms with E-state index in [1.54, 1.807) is 0 Å². The van der Waals surface area contributed by atoms with Crippen LogP contribution in [-0.4, -0.2) is 45.8 Å². The number of alkyl carbamates (subject to hydrolysis) is 1. The predicted octanol–water partition coefficient (Wildman–Crippen LogP) is 3.78. The zero-order chi connectivity index (χ0) is 22.8. The zero-order valence-corrected chi connectivity index (χ0v) is 18.7. The van der Waals surface area contributed by atoms with Gasteiger partial charge in [0.05, 0.1) is 41.4 Å². The van der Waals surface area contributed by atoms with Crippen LogP contribution >= 0.6 is 0 Å². The summed E-state index contributed by atoms with van der Waals surface area (Å²) in [7, 11) is 0. The number of imidazole rings is 1. The quantitative estimate of drug-likeness (QED) is 0.652. The molecule has 1 aromatic heterocycles. The van der Waals surface area contributed by atoms with Crippen molar-refractivity contribution in [1.29, 1.82) is 5.26 Å². The maximum atomic E-state index is 11.7. The number of rotatable bonds is 5. The van der Waals surface area contributed by atoms with Gasteiger partial charge in [0.1, 0.15) is 6.61 Å². The van der Waals surface area contributed by atoms with Crippen LogP contribution in [0.1, 0.15) is 46.8 Å². The Balaban J connectivity index is 1.44. The number of benzene rings is 2. The van der Waals surface area contributed by atoms with E-state index in [1.807, 2.05) is 36.8 Å². The second-order valence-electron chi connectivity index (χ2n) is 9.09. The Morgan fingerprint density at radius 1 is 1.21 bits per heavy atom. The lowest BCUT2D eigenvalue weighted by atomic mass is 9.87. The number of hydrogen-bond acceptors (Lipinski definition) is 5. The molecular formula is C26H27N5O2. The highest BCUT2D eigenvalue weighted by atomic mass is 16.6. The lowest BCUT2D eigenvalue weighted by Gasteiger charge is -2.41. The Morgan fingerprint density at radius 3 is 2.67 bits per heavy atom. The number of nitrogens with zero attached hydrogens (tertiary/aromatic N) is 4. The molecule has 0 aliphatic carbocycles. The van der Waals surface area contributed by atoms with Gasteiger partial charge < -0.3 is 14.6 Å². The summed E-state index contributed by atoms with van der Waals surface area (Å²) in [6.07, 6.45) is 5.24. The minimum absolute atomic E-state index is 0.0566. The van der Waals surface area contributed by atoms with Gasteiger partial charge in [-0.2, -0.15) is 5.26 Å². The molecule has 3 heterocycles. The molecule has 5 rings (SSSR count). The highest BCUT2D eigenvalue weighted by Gasteiger charge is 2.43. The van der Waals surface area contributed by atoms with Crippen molar-refractivity contribution in [1.82, 2.24) is 19.8 Å². The molecule has 2 aromatic carbocycles. The fourth-order valence-electron chi connectivity index (χ4n) is 4.95. The van der Waals surface area contributed by atoms with E-state index >= 15 is 0 Å². The van der Waals surface area contributed by atoms with Gasteiger partial charge in [0, 0.05) is 19.6 Å². The molecule has 1 N–H and O–H groups in total. The van der Waals surface area contributed by atoms with Gasteiger partial charge in [-0.15, -0.1) is 0 Å². The Morgan fingerprint density at radius 2 is 2.00 bits per heavy atom. The molecule has 2 saturated heterocycles. The first-order valence-corrected chi connectivity index (χ1v) is 11.3. The number of nitriles is 1. The van der Waals surface area contributed by atoms with Gasteiger partial charge in [0.25, 0.3) is 0 Å². The zero-order valence-electron chi connectivity index (χ0n) is 18.7. The van der Waals surface area contributed by atoms with Gasteiger partial charge in [-0.05, 0) is 43.0 Å². The molecule has 1 amide bonds. The van der Waals surface area contributed by atoms with E-state index in [9.17, 15) is 4.79 Å². The van der Waals surface area contributed by atoms with Crippen molar-refractivity contribution >= 4 is 6.09 Å². The summed E-state index contributed by atoms with van der Waals surface area (Å²) in [5.74, 6) is 0. The molecule has 33 heavy (non-hydrogen) atoms. The van der Waals surface area contributed by atoms with Crippen molar-refractivity contribution in [2.75, 3.05) is 19.7 Å². The molecule has 2 aliphatic rings. The number of carbonyl (C=O) groups is 1. The Kier molecular flexibility index (Phi) is 5.61. The summed E-state index contributed by atoms with van der Waals surface area (Å²) < 4.78 is 7.41. The van der Waals surface area contributed by atoms with Gasteiger partial charge in [-0.3, -0.25) is 4.90 Å². The van der Waals surface area contributed by atoms with E-state index in [4.69, 9.17) is 10.00 Å². The number of ether oxygens (including phenoxy) is 1. The molecule has 2 aliphatic heterocycles. The second-order valence-corrected chi connectivity index (χ2v) is 9.09. The van der Waals surface area contributed by atoms with E-state index in [0.29, 0.717) is 18.7 Å². The number of cyclic esters (lactones) is 1. The smallest absolute Gasteiger partial charge is 0.407 e. The van der Waals surface area contributed by atoms with Crippen LogP contribution in [0.5, 0.6) is 0 Å². The van der Waals surface area contributed by atoms with Crippen LogP contribution in [0, 0.1) is 18.3 Å². The van der Waals surface area contributed by atoms with Crippen LogP contribution in [0.3, 0.4) is 0 Å². The fourth-order valence-corrected chi connectivity index (χ4v) is 4.95. The molecule has 7 heteroatoms. The largest absolute Gasteiger partial charge is 0.447 e. The number of aryl methyl sites for hydroxylation is 1. The summed E-state index contributed by atoms with van der Waals surface area (Å²) in [6, 6.07) is 18.6. The van der Waals surface area contributed by atoms with Gasteiger partial charge in [-0.25, -0.2) is 9.78 Å². The number of likely N-dealkylation sites (tertiary alicyclic amines) is 1. The highest BCUT2D eigenvalue weighted by molar-refractivity contribution is 5.70. The van der Waals surface area contributed by atoms with Crippen LogP contribution in [0.15, 0.2) is 61.1 Å². The molecule has 0 radical (unpaired) electrons. The third-order valence-corrected chi connectivity index (χ3v) is 6.79. The Bertz CT molecular complexity index is 1190. The Labute approximate surface area is 193 Å². The normalized spacial score (nSPS) is 18.5. The number of hydrogen-bond donors (Lipinski definition) is 1. The summed E-state index contributed by atoms with van der Waals surface area (Å²) in [5, 5.41) is 12.1. The summed E-state index contributed by atoms with van der Waals surface area (Å²) in [5.41, 5.74) is 5.13. The molecule has 1 atom stereocenters. The lowest BCUT2D eigenvalue weighted by Crippen LogP contribution is -2.53. The van der Waals surface area contributed by atoms with E-state index in [1.165, 1.54) is 11.1 Å². The van der Waals surface area contributed by atoms with Crippen molar-refractivity contribution < 1.29 is 9.53 Å². The van der Waals surface area contributed by atoms with Crippen LogP contribution in [-0.2, 0) is 11.3 Å². The molecular weight excluding hydrogens is 414 g/mol. The van der Waals surface area contributed by atoms with Crippen LogP contribution < -0.4 is 5.32 Å². The molecule has 1 spiro atoms. The van der Waals surface area contributed by atoms with E-state index in [2.05, 4.69) is 57.0 Å². The topological polar surface area (TPSA) is 83.2 Å². The number of amides is 1. The van der Waals surface area contributed by atoms with Crippen molar-refractivity contribution in [2.45, 2.75) is 37.9 Å². The molecule has 2 fully saturated rings.